The monoisotopic (exact) mass is 439 g/mol. The van der Waals surface area contributed by atoms with Crippen molar-refractivity contribution in [2.24, 2.45) is 19.1 Å². The summed E-state index contributed by atoms with van der Waals surface area (Å²) < 4.78 is 3.91. The van der Waals surface area contributed by atoms with E-state index < -0.39 is 0 Å². The Bertz CT molecular complexity index is 1440. The van der Waals surface area contributed by atoms with Gasteiger partial charge in [0, 0.05) is 43.1 Å². The Morgan fingerprint density at radius 2 is 1.97 bits per heavy atom. The molecular formula is C26H29N7. The first-order valence-corrected chi connectivity index (χ1v) is 11.3. The molecule has 0 unspecified atom stereocenters. The van der Waals surface area contributed by atoms with E-state index in [1.54, 1.807) is 0 Å². The number of aromatic nitrogens is 4. The highest BCUT2D eigenvalue weighted by atomic mass is 15.3. The molecule has 0 saturated carbocycles. The second-order valence-corrected chi connectivity index (χ2v) is 8.31. The van der Waals surface area contributed by atoms with Crippen molar-refractivity contribution in [2.75, 3.05) is 5.32 Å². The topological polar surface area (TPSA) is 66.2 Å². The summed E-state index contributed by atoms with van der Waals surface area (Å²) in [6, 6.07) is 12.7. The highest BCUT2D eigenvalue weighted by Crippen LogP contribution is 2.29. The lowest BCUT2D eigenvalue weighted by atomic mass is 10.1. The van der Waals surface area contributed by atoms with E-state index in [0.29, 0.717) is 0 Å². The van der Waals surface area contributed by atoms with Crippen molar-refractivity contribution < 1.29 is 0 Å². The minimum atomic E-state index is 0.832. The molecule has 4 aromatic rings. The molecule has 0 aliphatic carbocycles. The summed E-state index contributed by atoms with van der Waals surface area (Å²) in [6.07, 6.45) is 12.4. The Morgan fingerprint density at radius 1 is 1.09 bits per heavy atom. The van der Waals surface area contributed by atoms with Gasteiger partial charge in [-0.1, -0.05) is 37.6 Å². The molecule has 0 saturated heterocycles. The van der Waals surface area contributed by atoms with Crippen LogP contribution < -0.4 is 5.32 Å². The number of aromatic amines is 1. The molecule has 1 aliphatic heterocycles. The minimum absolute atomic E-state index is 0.832. The number of unbranched alkanes of at least 4 members (excludes halogenated alkanes) is 1. The zero-order valence-electron chi connectivity index (χ0n) is 19.5. The van der Waals surface area contributed by atoms with Crippen LogP contribution in [0.25, 0.3) is 27.6 Å². The SMILES string of the molecule is C/C=C\N1C=C(c2ccc3cnn(C)c3c2)N=C(Nc2ccc3[nH]n(C)c3c2)/C1=C\CCC. The number of nitrogens with one attached hydrogen (secondary N) is 2. The number of fused-ring (bicyclic) bond motifs is 2. The third-order valence-corrected chi connectivity index (χ3v) is 5.91. The van der Waals surface area contributed by atoms with Crippen LogP contribution in [0.3, 0.4) is 0 Å². The molecule has 2 aromatic heterocycles. The number of H-pyrrole nitrogens is 1. The van der Waals surface area contributed by atoms with Crippen LogP contribution >= 0.6 is 0 Å². The fourth-order valence-corrected chi connectivity index (χ4v) is 4.14. The zero-order valence-corrected chi connectivity index (χ0v) is 19.5. The van der Waals surface area contributed by atoms with Crippen LogP contribution in [0.15, 0.2) is 77.8 Å². The fourth-order valence-electron chi connectivity index (χ4n) is 4.14. The average molecular weight is 440 g/mol. The van der Waals surface area contributed by atoms with Gasteiger partial charge in [0.15, 0.2) is 5.84 Å². The first kappa shape index (κ1) is 20.9. The van der Waals surface area contributed by atoms with Crippen molar-refractivity contribution >= 4 is 39.2 Å². The van der Waals surface area contributed by atoms with E-state index in [4.69, 9.17) is 4.99 Å². The highest BCUT2D eigenvalue weighted by Gasteiger charge is 2.20. The predicted molar refractivity (Wildman–Crippen MR) is 137 cm³/mol. The summed E-state index contributed by atoms with van der Waals surface area (Å²) in [5, 5.41) is 12.3. The second kappa shape index (κ2) is 8.50. The van der Waals surface area contributed by atoms with Crippen molar-refractivity contribution in [2.45, 2.75) is 26.7 Å². The Balaban J connectivity index is 1.59. The van der Waals surface area contributed by atoms with Gasteiger partial charge in [0.2, 0.25) is 0 Å². The zero-order chi connectivity index (χ0) is 22.9. The second-order valence-electron chi connectivity index (χ2n) is 8.31. The van der Waals surface area contributed by atoms with Gasteiger partial charge in [0.1, 0.15) is 0 Å². The quantitative estimate of drug-likeness (QED) is 0.417. The summed E-state index contributed by atoms with van der Waals surface area (Å²) in [4.78, 5) is 7.24. The molecule has 5 rings (SSSR count). The molecule has 0 radical (unpaired) electrons. The summed E-state index contributed by atoms with van der Waals surface area (Å²) >= 11 is 0. The molecule has 0 bridgehead atoms. The van der Waals surface area contributed by atoms with Gasteiger partial charge >= 0.3 is 0 Å². The molecule has 0 fully saturated rings. The number of hydrogen-bond donors (Lipinski definition) is 2. The van der Waals surface area contributed by atoms with Crippen LogP contribution in [0.2, 0.25) is 0 Å². The molecule has 0 spiro atoms. The number of rotatable bonds is 5. The minimum Gasteiger partial charge on any atom is -0.338 e. The van der Waals surface area contributed by atoms with E-state index in [2.05, 4.69) is 82.2 Å². The molecule has 2 N–H and O–H groups in total. The van der Waals surface area contributed by atoms with Gasteiger partial charge in [-0.2, -0.15) is 5.10 Å². The van der Waals surface area contributed by atoms with Gasteiger partial charge in [-0.05, 0) is 37.6 Å². The average Bonchev–Trinajstić information content (AvgIpc) is 3.19. The van der Waals surface area contributed by atoms with Gasteiger partial charge in [-0.25, -0.2) is 4.99 Å². The highest BCUT2D eigenvalue weighted by molar-refractivity contribution is 6.11. The van der Waals surface area contributed by atoms with Crippen LogP contribution in [0.4, 0.5) is 5.69 Å². The third-order valence-electron chi connectivity index (χ3n) is 5.91. The van der Waals surface area contributed by atoms with Crippen LogP contribution in [-0.2, 0) is 14.1 Å². The predicted octanol–water partition coefficient (Wildman–Crippen LogP) is 5.74. The van der Waals surface area contributed by atoms with E-state index in [1.807, 2.05) is 42.7 Å². The van der Waals surface area contributed by atoms with E-state index in [-0.39, 0.29) is 0 Å². The van der Waals surface area contributed by atoms with E-state index in [0.717, 1.165) is 57.7 Å². The summed E-state index contributed by atoms with van der Waals surface area (Å²) in [5.41, 5.74) is 7.39. The van der Waals surface area contributed by atoms with Gasteiger partial charge in [-0.3, -0.25) is 14.5 Å². The van der Waals surface area contributed by atoms with Gasteiger partial charge in [-0.15, -0.1) is 0 Å². The molecule has 3 heterocycles. The van der Waals surface area contributed by atoms with Crippen molar-refractivity contribution in [1.29, 1.82) is 0 Å². The lowest BCUT2D eigenvalue weighted by molar-refractivity contribution is 0.649. The first-order chi connectivity index (χ1) is 16.1. The number of aliphatic imine (C=N–C) groups is 1. The van der Waals surface area contributed by atoms with Crippen molar-refractivity contribution in [1.82, 2.24) is 24.5 Å². The maximum Gasteiger partial charge on any atom is 0.155 e. The smallest absolute Gasteiger partial charge is 0.155 e. The largest absolute Gasteiger partial charge is 0.338 e. The lowest BCUT2D eigenvalue weighted by Gasteiger charge is -2.27. The first-order valence-electron chi connectivity index (χ1n) is 11.3. The Kier molecular flexibility index (Phi) is 5.38. The van der Waals surface area contributed by atoms with Crippen molar-refractivity contribution in [3.63, 3.8) is 0 Å². The Hall–Kier alpha value is -4.00. The van der Waals surface area contributed by atoms with E-state index in [9.17, 15) is 0 Å². The van der Waals surface area contributed by atoms with Crippen molar-refractivity contribution in [3.05, 3.63) is 78.4 Å². The number of benzene rings is 2. The molecule has 0 atom stereocenters. The molecule has 2 aromatic carbocycles. The fraction of sp³-hybridized carbons (Fsp3) is 0.231. The van der Waals surface area contributed by atoms with E-state index >= 15 is 0 Å². The Labute approximate surface area is 193 Å². The van der Waals surface area contributed by atoms with Gasteiger partial charge in [0.25, 0.3) is 0 Å². The Morgan fingerprint density at radius 3 is 2.76 bits per heavy atom. The lowest BCUT2D eigenvalue weighted by Crippen LogP contribution is -2.27. The van der Waals surface area contributed by atoms with Crippen LogP contribution in [0.1, 0.15) is 32.3 Å². The molecule has 7 nitrogen and oxygen atoms in total. The van der Waals surface area contributed by atoms with Gasteiger partial charge < -0.3 is 10.2 Å². The number of hydrogen-bond acceptors (Lipinski definition) is 4. The summed E-state index contributed by atoms with van der Waals surface area (Å²) in [7, 11) is 3.98. The van der Waals surface area contributed by atoms with Crippen LogP contribution in [-0.4, -0.2) is 30.3 Å². The molecule has 33 heavy (non-hydrogen) atoms. The molecule has 7 heteroatoms. The maximum absolute atomic E-state index is 5.09. The van der Waals surface area contributed by atoms with Crippen LogP contribution in [0.5, 0.6) is 0 Å². The number of amidine groups is 1. The number of aryl methyl sites for hydroxylation is 2. The molecular weight excluding hydrogens is 410 g/mol. The number of nitrogens with zero attached hydrogens (tertiary/aromatic N) is 5. The third kappa shape index (κ3) is 3.86. The van der Waals surface area contributed by atoms with Gasteiger partial charge in [0.05, 0.1) is 34.1 Å². The molecule has 1 aliphatic rings. The standard InChI is InChI=1S/C26H29N7/c1-5-7-8-23-26(28-20-11-12-21-25(15-20)32(4)30-21)29-22(17-33(23)13-6-2)18-9-10-19-16-27-31(3)24(19)14-18/h6,8-17,30H,5,7H2,1-4H3,(H,28,29)/b13-6-,23-8+. The molecule has 0 amide bonds. The van der Waals surface area contributed by atoms with Crippen molar-refractivity contribution in [3.8, 4) is 0 Å². The number of allylic oxidation sites excluding steroid dienone is 2. The normalized spacial score (nSPS) is 15.8. The van der Waals surface area contributed by atoms with E-state index in [1.165, 1.54) is 5.52 Å². The van der Waals surface area contributed by atoms with Crippen LogP contribution in [0, 0.1) is 0 Å². The summed E-state index contributed by atoms with van der Waals surface area (Å²) in [5.74, 6) is 0.832. The molecule has 168 valence electrons. The maximum atomic E-state index is 5.09. The number of anilines is 1. The summed E-state index contributed by atoms with van der Waals surface area (Å²) in [6.45, 7) is 4.22.